The standard InChI is InChI=1S/C25H30ClN3O5/c1-6-28(7-2)12-13-29-21(16-8-10-17(26)11-9-16)19(23(31)24(29)32)22(30)18-14(3)20(25(33)34-5)27-15(18)4/h8-11,21,27,30H,6-7,12-13H2,1-5H3. The molecule has 0 aliphatic carbocycles. The van der Waals surface area contributed by atoms with Gasteiger partial charge >= 0.3 is 5.97 Å². The quantitative estimate of drug-likeness (QED) is 0.254. The highest BCUT2D eigenvalue weighted by molar-refractivity contribution is 6.46. The van der Waals surface area contributed by atoms with E-state index in [9.17, 15) is 19.5 Å². The van der Waals surface area contributed by atoms with Crippen molar-refractivity contribution in [1.82, 2.24) is 14.8 Å². The summed E-state index contributed by atoms with van der Waals surface area (Å²) >= 11 is 6.07. The van der Waals surface area contributed by atoms with Crippen LogP contribution in [0.15, 0.2) is 29.8 Å². The number of hydrogen-bond donors (Lipinski definition) is 2. The van der Waals surface area contributed by atoms with Crippen molar-refractivity contribution in [1.29, 1.82) is 0 Å². The van der Waals surface area contributed by atoms with Gasteiger partial charge in [0.05, 0.1) is 18.7 Å². The van der Waals surface area contributed by atoms with E-state index in [2.05, 4.69) is 9.88 Å². The smallest absolute Gasteiger partial charge is 0.354 e. The third kappa shape index (κ3) is 4.60. The second-order valence-electron chi connectivity index (χ2n) is 8.19. The van der Waals surface area contributed by atoms with Gasteiger partial charge in [-0.25, -0.2) is 4.79 Å². The van der Waals surface area contributed by atoms with Crippen LogP contribution in [0.25, 0.3) is 5.76 Å². The van der Waals surface area contributed by atoms with E-state index >= 15 is 0 Å². The van der Waals surface area contributed by atoms with Gasteiger partial charge in [0.1, 0.15) is 11.5 Å². The number of aromatic amines is 1. The first-order valence-electron chi connectivity index (χ1n) is 11.2. The number of Topliss-reactive ketones (excluding diaryl/α,β-unsaturated/α-hetero) is 1. The highest BCUT2D eigenvalue weighted by Crippen LogP contribution is 2.41. The Balaban J connectivity index is 2.17. The molecule has 1 amide bonds. The number of likely N-dealkylation sites (N-methyl/N-ethyl adjacent to an activating group) is 1. The molecule has 1 aliphatic heterocycles. The van der Waals surface area contributed by atoms with E-state index in [0.29, 0.717) is 40.5 Å². The maximum atomic E-state index is 13.2. The number of ketones is 1. The minimum atomic E-state index is -0.789. The molecule has 0 spiro atoms. The number of likely N-dealkylation sites (tertiary alicyclic amines) is 1. The van der Waals surface area contributed by atoms with Crippen molar-refractivity contribution in [3.05, 3.63) is 62.9 Å². The van der Waals surface area contributed by atoms with Crippen molar-refractivity contribution in [2.24, 2.45) is 0 Å². The van der Waals surface area contributed by atoms with Crippen molar-refractivity contribution < 1.29 is 24.2 Å². The summed E-state index contributed by atoms with van der Waals surface area (Å²) in [4.78, 5) is 45.1. The van der Waals surface area contributed by atoms with Crippen LogP contribution in [0.1, 0.15) is 52.8 Å². The monoisotopic (exact) mass is 487 g/mol. The van der Waals surface area contributed by atoms with Crippen LogP contribution in [-0.2, 0) is 14.3 Å². The summed E-state index contributed by atoms with van der Waals surface area (Å²) in [6.45, 7) is 9.91. The molecule has 1 aromatic carbocycles. The van der Waals surface area contributed by atoms with Crippen LogP contribution in [0.3, 0.4) is 0 Å². The second kappa shape index (κ2) is 10.4. The Bertz CT molecular complexity index is 1130. The van der Waals surface area contributed by atoms with Gasteiger partial charge in [-0.15, -0.1) is 0 Å². The summed E-state index contributed by atoms with van der Waals surface area (Å²) in [5.41, 5.74) is 2.05. The van der Waals surface area contributed by atoms with Crippen molar-refractivity contribution in [2.75, 3.05) is 33.3 Å². The number of amides is 1. The fourth-order valence-electron chi connectivity index (χ4n) is 4.44. The molecule has 1 saturated heterocycles. The second-order valence-corrected chi connectivity index (χ2v) is 8.62. The lowest BCUT2D eigenvalue weighted by Gasteiger charge is -2.28. The molecule has 0 radical (unpaired) electrons. The Kier molecular flexibility index (Phi) is 7.84. The number of carbonyl (C=O) groups is 3. The number of ether oxygens (including phenoxy) is 1. The molecule has 182 valence electrons. The van der Waals surface area contributed by atoms with Gasteiger partial charge in [0.25, 0.3) is 11.7 Å². The number of nitrogens with zero attached hydrogens (tertiary/aromatic N) is 2. The van der Waals surface area contributed by atoms with Crippen molar-refractivity contribution in [3.8, 4) is 0 Å². The normalized spacial score (nSPS) is 17.6. The van der Waals surface area contributed by atoms with Crippen molar-refractivity contribution in [3.63, 3.8) is 0 Å². The average Bonchev–Trinajstić information content (AvgIpc) is 3.26. The Morgan fingerprint density at radius 2 is 1.79 bits per heavy atom. The number of hydrogen-bond acceptors (Lipinski definition) is 6. The van der Waals surface area contributed by atoms with Crippen LogP contribution >= 0.6 is 11.6 Å². The molecule has 0 bridgehead atoms. The minimum absolute atomic E-state index is 0.0199. The zero-order valence-electron chi connectivity index (χ0n) is 20.1. The number of aromatic nitrogens is 1. The van der Waals surface area contributed by atoms with Crippen LogP contribution in [-0.4, -0.2) is 70.8 Å². The van der Waals surface area contributed by atoms with Crippen LogP contribution in [0.4, 0.5) is 0 Å². The van der Waals surface area contributed by atoms with Gasteiger partial charge in [-0.05, 0) is 50.2 Å². The van der Waals surface area contributed by atoms with Gasteiger partial charge in [0.2, 0.25) is 0 Å². The summed E-state index contributed by atoms with van der Waals surface area (Å²) in [6, 6.07) is 6.07. The fraction of sp³-hybridized carbons (Fsp3) is 0.400. The predicted octanol–water partition coefficient (Wildman–Crippen LogP) is 3.84. The molecule has 9 heteroatoms. The Hall–Kier alpha value is -3.10. The topological polar surface area (TPSA) is 103 Å². The minimum Gasteiger partial charge on any atom is -0.507 e. The summed E-state index contributed by atoms with van der Waals surface area (Å²) < 4.78 is 4.81. The first-order chi connectivity index (χ1) is 16.2. The molecular formula is C25H30ClN3O5. The Morgan fingerprint density at radius 3 is 2.35 bits per heavy atom. The van der Waals surface area contributed by atoms with Gasteiger partial charge in [0.15, 0.2) is 0 Å². The maximum absolute atomic E-state index is 13.2. The van der Waals surface area contributed by atoms with Gasteiger partial charge < -0.3 is 24.6 Å². The molecule has 0 saturated carbocycles. The Morgan fingerprint density at radius 1 is 1.18 bits per heavy atom. The SMILES string of the molecule is CCN(CC)CCN1C(=O)C(=O)C(=C(O)c2c(C)[nH]c(C(=O)OC)c2C)C1c1ccc(Cl)cc1. The molecule has 2 aromatic rings. The molecule has 2 N–H and O–H groups in total. The highest BCUT2D eigenvalue weighted by Gasteiger charge is 2.46. The van der Waals surface area contributed by atoms with E-state index in [4.69, 9.17) is 16.3 Å². The van der Waals surface area contributed by atoms with E-state index in [1.807, 2.05) is 13.8 Å². The van der Waals surface area contributed by atoms with Gasteiger partial charge in [-0.3, -0.25) is 9.59 Å². The van der Waals surface area contributed by atoms with E-state index in [0.717, 1.165) is 13.1 Å². The third-order valence-electron chi connectivity index (χ3n) is 6.34. The number of methoxy groups -OCH3 is 1. The molecule has 1 aromatic heterocycles. The number of aliphatic hydroxyl groups excluding tert-OH is 1. The van der Waals surface area contributed by atoms with Crippen molar-refractivity contribution in [2.45, 2.75) is 33.7 Å². The number of esters is 1. The third-order valence-corrected chi connectivity index (χ3v) is 6.59. The molecule has 34 heavy (non-hydrogen) atoms. The van der Waals surface area contributed by atoms with Crippen LogP contribution in [0.5, 0.6) is 0 Å². The molecule has 1 fully saturated rings. The molecule has 2 heterocycles. The lowest BCUT2D eigenvalue weighted by atomic mass is 9.94. The zero-order valence-corrected chi connectivity index (χ0v) is 20.8. The number of H-pyrrole nitrogens is 1. The average molecular weight is 488 g/mol. The first-order valence-corrected chi connectivity index (χ1v) is 11.6. The number of aliphatic hydroxyl groups is 1. The molecule has 8 nitrogen and oxygen atoms in total. The Labute approximate surface area is 204 Å². The van der Waals surface area contributed by atoms with Gasteiger partial charge in [-0.1, -0.05) is 37.6 Å². The van der Waals surface area contributed by atoms with E-state index in [1.54, 1.807) is 38.1 Å². The van der Waals surface area contributed by atoms with Crippen LogP contribution < -0.4 is 0 Å². The zero-order chi connectivity index (χ0) is 25.2. The summed E-state index contributed by atoms with van der Waals surface area (Å²) in [5.74, 6) is -2.36. The number of rotatable bonds is 8. The molecular weight excluding hydrogens is 458 g/mol. The van der Waals surface area contributed by atoms with E-state index in [1.165, 1.54) is 12.0 Å². The van der Waals surface area contributed by atoms with Gasteiger partial charge in [0, 0.05) is 29.4 Å². The first kappa shape index (κ1) is 25.5. The van der Waals surface area contributed by atoms with Crippen molar-refractivity contribution >= 4 is 35.0 Å². The van der Waals surface area contributed by atoms with E-state index < -0.39 is 23.7 Å². The number of aryl methyl sites for hydroxylation is 1. The summed E-state index contributed by atoms with van der Waals surface area (Å²) in [5, 5.41) is 11.9. The van der Waals surface area contributed by atoms with E-state index in [-0.39, 0.29) is 17.0 Å². The number of benzene rings is 1. The highest BCUT2D eigenvalue weighted by atomic mass is 35.5. The molecule has 1 unspecified atom stereocenters. The maximum Gasteiger partial charge on any atom is 0.354 e. The summed E-state index contributed by atoms with van der Waals surface area (Å²) in [7, 11) is 1.26. The lowest BCUT2D eigenvalue weighted by Crippen LogP contribution is -2.38. The summed E-state index contributed by atoms with van der Waals surface area (Å²) in [6.07, 6.45) is 0. The molecule has 1 atom stereocenters. The van der Waals surface area contributed by atoms with Crippen LogP contribution in [0, 0.1) is 13.8 Å². The number of halogens is 1. The molecule has 3 rings (SSSR count). The van der Waals surface area contributed by atoms with Crippen LogP contribution in [0.2, 0.25) is 5.02 Å². The predicted molar refractivity (Wildman–Crippen MR) is 130 cm³/mol. The van der Waals surface area contributed by atoms with Gasteiger partial charge in [-0.2, -0.15) is 0 Å². The lowest BCUT2D eigenvalue weighted by molar-refractivity contribution is -0.140. The largest absolute Gasteiger partial charge is 0.507 e. The fourth-order valence-corrected chi connectivity index (χ4v) is 4.56. The molecule has 1 aliphatic rings. The number of carbonyl (C=O) groups excluding carboxylic acids is 3. The number of nitrogens with one attached hydrogen (secondary N) is 1.